The number of hydrogen-bond donors (Lipinski definition) is 0. The Kier molecular flexibility index (Phi) is 15.6. The summed E-state index contributed by atoms with van der Waals surface area (Å²) in [6, 6.07) is 8.22. The molecule has 27 heavy (non-hydrogen) atoms. The SMILES string of the molecule is CCCCCCCc1[c]ccc(CCCCCCC)c1CCCCCCC. The van der Waals surface area contributed by atoms with Crippen molar-refractivity contribution in [3.8, 4) is 0 Å². The van der Waals surface area contributed by atoms with Crippen LogP contribution < -0.4 is 0 Å². The van der Waals surface area contributed by atoms with Gasteiger partial charge in [0.2, 0.25) is 0 Å². The normalized spacial score (nSPS) is 11.2. The molecule has 0 saturated carbocycles. The Morgan fingerprint density at radius 1 is 0.556 bits per heavy atom. The molecule has 0 heteroatoms. The fourth-order valence-electron chi connectivity index (χ4n) is 4.12. The molecule has 0 N–H and O–H groups in total. The highest BCUT2D eigenvalue weighted by molar-refractivity contribution is 5.35. The molecule has 0 heterocycles. The van der Waals surface area contributed by atoms with Crippen LogP contribution in [0.5, 0.6) is 0 Å². The summed E-state index contributed by atoms with van der Waals surface area (Å²) in [5.41, 5.74) is 4.87. The van der Waals surface area contributed by atoms with Crippen LogP contribution in [0.1, 0.15) is 134 Å². The monoisotopic (exact) mass is 371 g/mol. The standard InChI is InChI=1S/C27H47/c1-4-7-10-13-16-20-25-22-19-23-26(21-17-14-11-8-5-2)27(25)24-18-15-12-9-6-3/h19,22H,4-18,20-21,24H2,1-3H3. The summed E-state index contributed by atoms with van der Waals surface area (Å²) >= 11 is 0. The lowest BCUT2D eigenvalue weighted by Crippen LogP contribution is -2.02. The molecule has 1 radical (unpaired) electrons. The van der Waals surface area contributed by atoms with E-state index < -0.39 is 0 Å². The van der Waals surface area contributed by atoms with Gasteiger partial charge in [0.05, 0.1) is 0 Å². The van der Waals surface area contributed by atoms with Crippen molar-refractivity contribution in [2.75, 3.05) is 0 Å². The molecule has 0 amide bonds. The van der Waals surface area contributed by atoms with Gasteiger partial charge in [0.15, 0.2) is 0 Å². The van der Waals surface area contributed by atoms with Gasteiger partial charge in [-0.3, -0.25) is 0 Å². The van der Waals surface area contributed by atoms with Gasteiger partial charge in [0, 0.05) is 0 Å². The molecule has 0 nitrogen and oxygen atoms in total. The summed E-state index contributed by atoms with van der Waals surface area (Å²) in [6.45, 7) is 6.91. The molecule has 0 atom stereocenters. The molecule has 0 aliphatic carbocycles. The Bertz CT molecular complexity index is 413. The van der Waals surface area contributed by atoms with Crippen molar-refractivity contribution >= 4 is 0 Å². The molecule has 1 rings (SSSR count). The van der Waals surface area contributed by atoms with E-state index in [1.165, 1.54) is 116 Å². The Labute approximate surface area is 171 Å². The molecule has 0 fully saturated rings. The lowest BCUT2D eigenvalue weighted by molar-refractivity contribution is 0.612. The number of aryl methyl sites for hydroxylation is 2. The third-order valence-electron chi connectivity index (χ3n) is 5.90. The minimum atomic E-state index is 1.25. The van der Waals surface area contributed by atoms with E-state index in [4.69, 9.17) is 0 Å². The van der Waals surface area contributed by atoms with E-state index in [9.17, 15) is 0 Å². The molecule has 0 aliphatic rings. The van der Waals surface area contributed by atoms with E-state index in [-0.39, 0.29) is 0 Å². The van der Waals surface area contributed by atoms with E-state index in [0.29, 0.717) is 0 Å². The van der Waals surface area contributed by atoms with Crippen LogP contribution in [0.4, 0.5) is 0 Å². The lowest BCUT2D eigenvalue weighted by atomic mass is 9.90. The second-order valence-corrected chi connectivity index (χ2v) is 8.45. The maximum atomic E-state index is 3.63. The molecule has 1 aromatic rings. The first kappa shape index (κ1) is 24.3. The zero-order valence-electron chi connectivity index (χ0n) is 18.9. The van der Waals surface area contributed by atoms with E-state index in [1.54, 1.807) is 16.7 Å². The first-order chi connectivity index (χ1) is 13.3. The summed E-state index contributed by atoms with van der Waals surface area (Å²) in [6.07, 6.45) is 24.5. The maximum Gasteiger partial charge on any atom is -0.0146 e. The molecule has 0 unspecified atom stereocenters. The van der Waals surface area contributed by atoms with E-state index in [0.717, 1.165) is 0 Å². The van der Waals surface area contributed by atoms with Gasteiger partial charge in [0.25, 0.3) is 0 Å². The predicted molar refractivity (Wildman–Crippen MR) is 123 cm³/mol. The van der Waals surface area contributed by atoms with E-state index >= 15 is 0 Å². The smallest absolute Gasteiger partial charge is 0.0146 e. The van der Waals surface area contributed by atoms with Crippen molar-refractivity contribution in [3.05, 3.63) is 34.9 Å². The highest BCUT2D eigenvalue weighted by atomic mass is 14.1. The van der Waals surface area contributed by atoms with E-state index in [1.807, 2.05) is 0 Å². The van der Waals surface area contributed by atoms with Crippen molar-refractivity contribution in [2.45, 2.75) is 136 Å². The molecule has 0 saturated heterocycles. The quantitative estimate of drug-likeness (QED) is 0.226. The molecule has 1 aromatic carbocycles. The minimum absolute atomic E-state index is 1.25. The van der Waals surface area contributed by atoms with Gasteiger partial charge >= 0.3 is 0 Å². The zero-order chi connectivity index (χ0) is 19.6. The number of unbranched alkanes of at least 4 members (excludes halogenated alkanes) is 12. The second kappa shape index (κ2) is 17.3. The Hall–Kier alpha value is -0.780. The Morgan fingerprint density at radius 3 is 1.59 bits per heavy atom. The Morgan fingerprint density at radius 2 is 1.04 bits per heavy atom. The molecule has 0 spiro atoms. The second-order valence-electron chi connectivity index (χ2n) is 8.45. The summed E-state index contributed by atoms with van der Waals surface area (Å²) < 4.78 is 0. The summed E-state index contributed by atoms with van der Waals surface area (Å²) in [5, 5.41) is 0. The van der Waals surface area contributed by atoms with Crippen LogP contribution in [0, 0.1) is 6.07 Å². The topological polar surface area (TPSA) is 0 Å². The molecule has 0 aliphatic heterocycles. The van der Waals surface area contributed by atoms with Crippen LogP contribution >= 0.6 is 0 Å². The van der Waals surface area contributed by atoms with Gasteiger partial charge in [-0.2, -0.15) is 0 Å². The van der Waals surface area contributed by atoms with Crippen molar-refractivity contribution in [3.63, 3.8) is 0 Å². The van der Waals surface area contributed by atoms with Gasteiger partial charge in [-0.25, -0.2) is 0 Å². The first-order valence-electron chi connectivity index (χ1n) is 12.3. The average Bonchev–Trinajstić information content (AvgIpc) is 2.68. The fraction of sp³-hybridized carbons (Fsp3) is 0.778. The third kappa shape index (κ3) is 11.6. The van der Waals surface area contributed by atoms with Gasteiger partial charge < -0.3 is 0 Å². The zero-order valence-corrected chi connectivity index (χ0v) is 18.9. The fourth-order valence-corrected chi connectivity index (χ4v) is 4.12. The summed E-state index contributed by atoms with van der Waals surface area (Å²) in [5.74, 6) is 0. The van der Waals surface area contributed by atoms with Crippen LogP contribution in [0.2, 0.25) is 0 Å². The van der Waals surface area contributed by atoms with Crippen LogP contribution in [0.15, 0.2) is 12.1 Å². The first-order valence-corrected chi connectivity index (χ1v) is 12.3. The Balaban J connectivity index is 2.60. The summed E-state index contributed by atoms with van der Waals surface area (Å²) in [7, 11) is 0. The lowest BCUT2D eigenvalue weighted by Gasteiger charge is -2.15. The molecule has 155 valence electrons. The van der Waals surface area contributed by atoms with Crippen molar-refractivity contribution < 1.29 is 0 Å². The summed E-state index contributed by atoms with van der Waals surface area (Å²) in [4.78, 5) is 0. The number of rotatable bonds is 18. The van der Waals surface area contributed by atoms with Gasteiger partial charge in [-0.05, 0) is 61.3 Å². The van der Waals surface area contributed by atoms with Crippen LogP contribution in [-0.4, -0.2) is 0 Å². The predicted octanol–water partition coefficient (Wildman–Crippen LogP) is 9.03. The highest BCUT2D eigenvalue weighted by Gasteiger charge is 2.09. The maximum absolute atomic E-state index is 3.63. The third-order valence-corrected chi connectivity index (χ3v) is 5.90. The number of hydrogen-bond acceptors (Lipinski definition) is 0. The molecule has 0 bridgehead atoms. The van der Waals surface area contributed by atoms with Crippen molar-refractivity contribution in [1.82, 2.24) is 0 Å². The van der Waals surface area contributed by atoms with Crippen LogP contribution in [0.25, 0.3) is 0 Å². The molecular weight excluding hydrogens is 324 g/mol. The van der Waals surface area contributed by atoms with Gasteiger partial charge in [0.1, 0.15) is 0 Å². The average molecular weight is 372 g/mol. The molecule has 0 aromatic heterocycles. The van der Waals surface area contributed by atoms with Crippen molar-refractivity contribution in [1.29, 1.82) is 0 Å². The van der Waals surface area contributed by atoms with E-state index in [2.05, 4.69) is 39.0 Å². The highest BCUT2D eigenvalue weighted by Crippen LogP contribution is 2.23. The van der Waals surface area contributed by atoms with Gasteiger partial charge in [-0.1, -0.05) is 110 Å². The van der Waals surface area contributed by atoms with Crippen LogP contribution in [-0.2, 0) is 19.3 Å². The van der Waals surface area contributed by atoms with Gasteiger partial charge in [-0.15, -0.1) is 0 Å². The van der Waals surface area contributed by atoms with Crippen molar-refractivity contribution in [2.24, 2.45) is 0 Å². The minimum Gasteiger partial charge on any atom is -0.0654 e. The largest absolute Gasteiger partial charge is 0.0654 e. The number of benzene rings is 1. The van der Waals surface area contributed by atoms with Crippen LogP contribution in [0.3, 0.4) is 0 Å². The molecular formula is C27H47.